The number of anilines is 1. The molecule has 0 aliphatic rings. The zero-order valence-electron chi connectivity index (χ0n) is 16.0. The topological polar surface area (TPSA) is 37.6 Å². The van der Waals surface area contributed by atoms with Gasteiger partial charge in [0.2, 0.25) is 0 Å². The van der Waals surface area contributed by atoms with Crippen LogP contribution in [0.4, 0.5) is 5.69 Å². The standard InChI is InChI=1S/C21H25N3OS/c1-6-24(7-2)17-10-8-16(9-11-17)20(25)22-21-23(5)18-13-14(3)12-15(4)19(18)26-21/h8-13H,6-7H2,1-5H3. The molecule has 0 saturated heterocycles. The predicted molar refractivity (Wildman–Crippen MR) is 110 cm³/mol. The van der Waals surface area contributed by atoms with Gasteiger partial charge in [0, 0.05) is 31.4 Å². The van der Waals surface area contributed by atoms with Gasteiger partial charge >= 0.3 is 0 Å². The molecule has 26 heavy (non-hydrogen) atoms. The summed E-state index contributed by atoms with van der Waals surface area (Å²) < 4.78 is 3.18. The number of hydrogen-bond donors (Lipinski definition) is 0. The molecule has 5 heteroatoms. The first-order chi connectivity index (χ1) is 12.4. The molecule has 0 unspecified atom stereocenters. The van der Waals surface area contributed by atoms with E-state index in [2.05, 4.69) is 49.7 Å². The van der Waals surface area contributed by atoms with E-state index in [1.807, 2.05) is 35.9 Å². The molecule has 2 aromatic carbocycles. The Morgan fingerprint density at radius 1 is 1.12 bits per heavy atom. The average molecular weight is 368 g/mol. The summed E-state index contributed by atoms with van der Waals surface area (Å²) in [5, 5.41) is 0. The van der Waals surface area contributed by atoms with Crippen LogP contribution in [0.2, 0.25) is 0 Å². The summed E-state index contributed by atoms with van der Waals surface area (Å²) in [5.41, 5.74) is 5.30. The number of carbonyl (C=O) groups is 1. The number of thiazole rings is 1. The molecular weight excluding hydrogens is 342 g/mol. The number of hydrogen-bond acceptors (Lipinski definition) is 3. The van der Waals surface area contributed by atoms with Gasteiger partial charge in [0.15, 0.2) is 4.80 Å². The maximum absolute atomic E-state index is 12.6. The lowest BCUT2D eigenvalue weighted by atomic mass is 10.1. The van der Waals surface area contributed by atoms with Crippen molar-refractivity contribution in [2.75, 3.05) is 18.0 Å². The van der Waals surface area contributed by atoms with E-state index in [1.165, 1.54) is 15.8 Å². The Bertz CT molecular complexity index is 1010. The first-order valence-corrected chi connectivity index (χ1v) is 9.77. The molecule has 0 bridgehead atoms. The lowest BCUT2D eigenvalue weighted by Gasteiger charge is -2.20. The SMILES string of the molecule is CCN(CC)c1ccc(C(=O)N=c2sc3c(C)cc(C)cc3n2C)cc1. The van der Waals surface area contributed by atoms with Crippen LogP contribution in [0.3, 0.4) is 0 Å². The van der Waals surface area contributed by atoms with Crippen LogP contribution in [0.5, 0.6) is 0 Å². The Morgan fingerprint density at radius 2 is 1.77 bits per heavy atom. The maximum atomic E-state index is 12.6. The number of aromatic nitrogens is 1. The van der Waals surface area contributed by atoms with Crippen molar-refractivity contribution in [2.24, 2.45) is 12.0 Å². The highest BCUT2D eigenvalue weighted by atomic mass is 32.1. The quantitative estimate of drug-likeness (QED) is 0.683. The van der Waals surface area contributed by atoms with Gasteiger partial charge in [-0.2, -0.15) is 4.99 Å². The van der Waals surface area contributed by atoms with E-state index < -0.39 is 0 Å². The number of carbonyl (C=O) groups excluding carboxylic acids is 1. The number of aryl methyl sites for hydroxylation is 3. The molecule has 1 amide bonds. The minimum atomic E-state index is -0.201. The van der Waals surface area contributed by atoms with Gasteiger partial charge in [0.25, 0.3) is 5.91 Å². The minimum absolute atomic E-state index is 0.201. The van der Waals surface area contributed by atoms with Gasteiger partial charge in [-0.25, -0.2) is 0 Å². The molecule has 0 radical (unpaired) electrons. The normalized spacial score (nSPS) is 12.0. The van der Waals surface area contributed by atoms with Crippen molar-refractivity contribution in [2.45, 2.75) is 27.7 Å². The molecule has 0 saturated carbocycles. The molecule has 4 nitrogen and oxygen atoms in total. The summed E-state index contributed by atoms with van der Waals surface area (Å²) in [4.78, 5) is 20.0. The molecule has 1 heterocycles. The highest BCUT2D eigenvalue weighted by molar-refractivity contribution is 7.16. The zero-order valence-corrected chi connectivity index (χ0v) is 16.9. The smallest absolute Gasteiger partial charge is 0.279 e. The summed E-state index contributed by atoms with van der Waals surface area (Å²) >= 11 is 1.56. The summed E-state index contributed by atoms with van der Waals surface area (Å²) in [7, 11) is 1.97. The Kier molecular flexibility index (Phi) is 5.28. The average Bonchev–Trinajstić information content (AvgIpc) is 2.93. The van der Waals surface area contributed by atoms with Crippen molar-refractivity contribution >= 4 is 33.1 Å². The summed E-state index contributed by atoms with van der Waals surface area (Å²) in [6, 6.07) is 12.0. The molecule has 0 aliphatic carbocycles. The van der Waals surface area contributed by atoms with Crippen LogP contribution in [0.15, 0.2) is 41.4 Å². The summed E-state index contributed by atoms with van der Waals surface area (Å²) in [6.45, 7) is 10.3. The van der Waals surface area contributed by atoms with Gasteiger partial charge in [-0.15, -0.1) is 0 Å². The number of rotatable bonds is 4. The molecule has 1 aromatic heterocycles. The van der Waals surface area contributed by atoms with Gasteiger partial charge < -0.3 is 9.47 Å². The van der Waals surface area contributed by atoms with Gasteiger partial charge in [0.1, 0.15) is 0 Å². The molecule has 0 atom stereocenters. The van der Waals surface area contributed by atoms with Gasteiger partial charge in [0.05, 0.1) is 10.2 Å². The number of benzene rings is 2. The summed E-state index contributed by atoms with van der Waals surface area (Å²) in [6.07, 6.45) is 0. The van der Waals surface area contributed by atoms with E-state index in [9.17, 15) is 4.79 Å². The molecule has 3 aromatic rings. The van der Waals surface area contributed by atoms with E-state index >= 15 is 0 Å². The molecular formula is C21H25N3OS. The first-order valence-electron chi connectivity index (χ1n) is 8.95. The maximum Gasteiger partial charge on any atom is 0.279 e. The van der Waals surface area contributed by atoms with Gasteiger partial charge in [-0.05, 0) is 69.2 Å². The van der Waals surface area contributed by atoms with Crippen LogP contribution >= 0.6 is 11.3 Å². The van der Waals surface area contributed by atoms with Crippen molar-refractivity contribution in [1.82, 2.24) is 4.57 Å². The zero-order chi connectivity index (χ0) is 18.8. The fourth-order valence-corrected chi connectivity index (χ4v) is 4.30. The molecule has 0 fully saturated rings. The highest BCUT2D eigenvalue weighted by Crippen LogP contribution is 2.23. The number of amides is 1. The van der Waals surface area contributed by atoms with E-state index in [4.69, 9.17) is 0 Å². The van der Waals surface area contributed by atoms with Crippen molar-refractivity contribution in [3.8, 4) is 0 Å². The number of nitrogens with zero attached hydrogens (tertiary/aromatic N) is 3. The molecule has 3 rings (SSSR count). The Labute approximate surface area is 158 Å². The third-order valence-electron chi connectivity index (χ3n) is 4.68. The highest BCUT2D eigenvalue weighted by Gasteiger charge is 2.10. The Hall–Kier alpha value is -2.40. The van der Waals surface area contributed by atoms with Crippen LogP contribution in [-0.4, -0.2) is 23.6 Å². The lowest BCUT2D eigenvalue weighted by molar-refractivity contribution is 0.0998. The predicted octanol–water partition coefficient (Wildman–Crippen LogP) is 4.44. The largest absolute Gasteiger partial charge is 0.372 e. The van der Waals surface area contributed by atoms with Crippen LogP contribution < -0.4 is 9.70 Å². The second-order valence-electron chi connectivity index (χ2n) is 6.51. The second kappa shape index (κ2) is 7.46. The van der Waals surface area contributed by atoms with Crippen molar-refractivity contribution in [1.29, 1.82) is 0 Å². The van der Waals surface area contributed by atoms with Crippen molar-refractivity contribution < 1.29 is 4.79 Å². The van der Waals surface area contributed by atoms with Crippen molar-refractivity contribution in [3.63, 3.8) is 0 Å². The van der Waals surface area contributed by atoms with Crippen LogP contribution in [0.25, 0.3) is 10.2 Å². The lowest BCUT2D eigenvalue weighted by Crippen LogP contribution is -2.21. The van der Waals surface area contributed by atoms with Gasteiger partial charge in [-0.3, -0.25) is 4.79 Å². The third kappa shape index (κ3) is 3.44. The summed E-state index contributed by atoms with van der Waals surface area (Å²) in [5.74, 6) is -0.201. The van der Waals surface area contributed by atoms with Crippen LogP contribution in [0.1, 0.15) is 35.3 Å². The second-order valence-corrected chi connectivity index (χ2v) is 7.49. The fraction of sp³-hybridized carbons (Fsp3) is 0.333. The van der Waals surface area contributed by atoms with Crippen LogP contribution in [-0.2, 0) is 7.05 Å². The van der Waals surface area contributed by atoms with Crippen molar-refractivity contribution in [3.05, 3.63) is 57.9 Å². The molecule has 0 aliphatic heterocycles. The van der Waals surface area contributed by atoms with E-state index in [1.54, 1.807) is 11.3 Å². The first kappa shape index (κ1) is 18.4. The fourth-order valence-electron chi connectivity index (χ4n) is 3.23. The third-order valence-corrected chi connectivity index (χ3v) is 5.96. The number of fused-ring (bicyclic) bond motifs is 1. The van der Waals surface area contributed by atoms with E-state index in [0.29, 0.717) is 5.56 Å². The van der Waals surface area contributed by atoms with E-state index in [0.717, 1.165) is 29.1 Å². The van der Waals surface area contributed by atoms with Gasteiger partial charge in [-0.1, -0.05) is 17.4 Å². The molecule has 0 spiro atoms. The molecule has 136 valence electrons. The Morgan fingerprint density at radius 3 is 2.38 bits per heavy atom. The molecule has 0 N–H and O–H groups in total. The monoisotopic (exact) mass is 367 g/mol. The van der Waals surface area contributed by atoms with E-state index in [-0.39, 0.29) is 5.91 Å². The van der Waals surface area contributed by atoms with Crippen LogP contribution in [0, 0.1) is 13.8 Å². The Balaban J connectivity index is 1.97. The minimum Gasteiger partial charge on any atom is -0.372 e.